The van der Waals surface area contributed by atoms with Gasteiger partial charge >= 0.3 is 0 Å². The number of ether oxygens (including phenoxy) is 1. The zero-order chi connectivity index (χ0) is 22.9. The first kappa shape index (κ1) is 22.9. The summed E-state index contributed by atoms with van der Waals surface area (Å²) in [6, 6.07) is 13.1. The fourth-order valence-corrected chi connectivity index (χ4v) is 3.07. The van der Waals surface area contributed by atoms with Gasteiger partial charge in [-0.3, -0.25) is 14.4 Å². The van der Waals surface area contributed by atoms with Crippen LogP contribution < -0.4 is 26.1 Å². The number of amides is 2. The van der Waals surface area contributed by atoms with Gasteiger partial charge in [0.15, 0.2) is 11.2 Å². The predicted molar refractivity (Wildman–Crippen MR) is 124 cm³/mol. The van der Waals surface area contributed by atoms with Crippen LogP contribution in [0.2, 0.25) is 0 Å². The first-order chi connectivity index (χ1) is 15.5. The van der Waals surface area contributed by atoms with E-state index in [9.17, 15) is 14.4 Å². The highest BCUT2D eigenvalue weighted by Gasteiger charge is 2.13. The van der Waals surface area contributed by atoms with E-state index >= 15 is 0 Å². The molecule has 8 nitrogen and oxygen atoms in total. The Hall–Kier alpha value is -3.81. The molecule has 2 aromatic carbocycles. The highest BCUT2D eigenvalue weighted by molar-refractivity contribution is 6.03. The Morgan fingerprint density at radius 1 is 1.00 bits per heavy atom. The molecule has 0 bridgehead atoms. The molecule has 3 aromatic rings. The standard InChI is InChI=1S/C24H27N3O5/c1-3-4-5-23(29)26-13-12-25-16-6-8-17(9-7-16)27-24(30)22-15-20(28)19-11-10-18(31-2)14-21(19)32-22/h6-11,14-15,25H,3-5,12-13H2,1-2H3,(H,26,29)(H,27,30). The molecule has 0 aliphatic carbocycles. The first-order valence-electron chi connectivity index (χ1n) is 10.5. The summed E-state index contributed by atoms with van der Waals surface area (Å²) in [5, 5.41) is 9.17. The molecule has 2 amide bonds. The topological polar surface area (TPSA) is 110 Å². The molecule has 168 valence electrons. The van der Waals surface area contributed by atoms with Crippen LogP contribution in [-0.4, -0.2) is 32.0 Å². The molecule has 0 saturated heterocycles. The number of rotatable bonds is 10. The van der Waals surface area contributed by atoms with Gasteiger partial charge in [-0.1, -0.05) is 13.3 Å². The van der Waals surface area contributed by atoms with Crippen LogP contribution in [0.3, 0.4) is 0 Å². The number of anilines is 2. The van der Waals surface area contributed by atoms with E-state index in [1.807, 2.05) is 12.1 Å². The number of fused-ring (bicyclic) bond motifs is 1. The third-order valence-electron chi connectivity index (χ3n) is 4.84. The summed E-state index contributed by atoms with van der Waals surface area (Å²) >= 11 is 0. The van der Waals surface area contributed by atoms with Crippen molar-refractivity contribution in [1.29, 1.82) is 0 Å². The Bertz CT molecular complexity index is 1140. The largest absolute Gasteiger partial charge is 0.497 e. The molecule has 32 heavy (non-hydrogen) atoms. The van der Waals surface area contributed by atoms with Crippen molar-refractivity contribution in [2.45, 2.75) is 26.2 Å². The fourth-order valence-electron chi connectivity index (χ4n) is 3.07. The molecule has 1 aromatic heterocycles. The number of carbonyl (C=O) groups is 2. The number of hydrogen-bond donors (Lipinski definition) is 3. The molecule has 0 unspecified atom stereocenters. The summed E-state index contributed by atoms with van der Waals surface area (Å²) in [4.78, 5) is 36.5. The summed E-state index contributed by atoms with van der Waals surface area (Å²) in [6.07, 6.45) is 2.44. The average Bonchev–Trinajstić information content (AvgIpc) is 2.81. The lowest BCUT2D eigenvalue weighted by atomic mass is 10.2. The molecule has 0 radical (unpaired) electrons. The second-order valence-corrected chi connectivity index (χ2v) is 7.25. The van der Waals surface area contributed by atoms with Gasteiger partial charge in [0.2, 0.25) is 5.91 Å². The minimum Gasteiger partial charge on any atom is -0.497 e. The van der Waals surface area contributed by atoms with Crippen molar-refractivity contribution in [3.63, 3.8) is 0 Å². The molecule has 3 N–H and O–H groups in total. The lowest BCUT2D eigenvalue weighted by molar-refractivity contribution is -0.121. The fraction of sp³-hybridized carbons (Fsp3) is 0.292. The van der Waals surface area contributed by atoms with Gasteiger partial charge in [0.25, 0.3) is 5.91 Å². The third kappa shape index (κ3) is 6.10. The van der Waals surface area contributed by atoms with E-state index in [0.29, 0.717) is 36.3 Å². The summed E-state index contributed by atoms with van der Waals surface area (Å²) < 4.78 is 10.8. The zero-order valence-electron chi connectivity index (χ0n) is 18.2. The lowest BCUT2D eigenvalue weighted by Crippen LogP contribution is -2.28. The van der Waals surface area contributed by atoms with Gasteiger partial charge in [0, 0.05) is 43.0 Å². The Labute approximate surface area is 186 Å². The molecule has 0 spiro atoms. The minimum atomic E-state index is -0.526. The van der Waals surface area contributed by atoms with Crippen molar-refractivity contribution >= 4 is 34.2 Å². The van der Waals surface area contributed by atoms with Gasteiger partial charge in [-0.25, -0.2) is 0 Å². The maximum atomic E-state index is 12.6. The number of methoxy groups -OCH3 is 1. The zero-order valence-corrected chi connectivity index (χ0v) is 18.2. The van der Waals surface area contributed by atoms with Crippen LogP contribution in [-0.2, 0) is 4.79 Å². The van der Waals surface area contributed by atoms with Crippen LogP contribution in [0, 0.1) is 0 Å². The molecule has 0 saturated carbocycles. The number of unbranched alkanes of at least 4 members (excludes halogenated alkanes) is 1. The highest BCUT2D eigenvalue weighted by Crippen LogP contribution is 2.20. The Morgan fingerprint density at radius 3 is 2.47 bits per heavy atom. The van der Waals surface area contributed by atoms with Crippen molar-refractivity contribution in [3.8, 4) is 5.75 Å². The maximum Gasteiger partial charge on any atom is 0.291 e. The second-order valence-electron chi connectivity index (χ2n) is 7.25. The number of nitrogens with one attached hydrogen (secondary N) is 3. The minimum absolute atomic E-state index is 0.0606. The smallest absolute Gasteiger partial charge is 0.291 e. The molecular formula is C24H27N3O5. The summed E-state index contributed by atoms with van der Waals surface area (Å²) in [5.74, 6) is -0.0218. The summed E-state index contributed by atoms with van der Waals surface area (Å²) in [7, 11) is 1.51. The number of benzene rings is 2. The van der Waals surface area contributed by atoms with Gasteiger partial charge in [0.1, 0.15) is 11.3 Å². The normalized spacial score (nSPS) is 10.6. The van der Waals surface area contributed by atoms with Gasteiger partial charge in [-0.15, -0.1) is 0 Å². The molecule has 0 aliphatic rings. The number of carbonyl (C=O) groups excluding carboxylic acids is 2. The van der Waals surface area contributed by atoms with Gasteiger partial charge in [-0.2, -0.15) is 0 Å². The molecule has 0 aliphatic heterocycles. The highest BCUT2D eigenvalue weighted by atomic mass is 16.5. The number of hydrogen-bond acceptors (Lipinski definition) is 6. The Kier molecular flexibility index (Phi) is 7.85. The van der Waals surface area contributed by atoms with E-state index in [-0.39, 0.29) is 22.7 Å². The molecule has 0 atom stereocenters. The van der Waals surface area contributed by atoms with Crippen LogP contribution in [0.4, 0.5) is 11.4 Å². The Morgan fingerprint density at radius 2 is 1.75 bits per heavy atom. The SMILES string of the molecule is CCCCC(=O)NCCNc1ccc(NC(=O)c2cc(=O)c3ccc(OC)cc3o2)cc1. The molecule has 8 heteroatoms. The first-order valence-corrected chi connectivity index (χ1v) is 10.5. The molecular weight excluding hydrogens is 410 g/mol. The second kappa shape index (κ2) is 11.0. The van der Waals surface area contributed by atoms with E-state index in [1.165, 1.54) is 13.2 Å². The average molecular weight is 437 g/mol. The van der Waals surface area contributed by atoms with Crippen molar-refractivity contribution in [2.24, 2.45) is 0 Å². The van der Waals surface area contributed by atoms with Crippen molar-refractivity contribution in [3.05, 3.63) is 64.5 Å². The van der Waals surface area contributed by atoms with E-state index in [1.54, 1.807) is 30.3 Å². The molecule has 1 heterocycles. The predicted octanol–water partition coefficient (Wildman–Crippen LogP) is 3.77. The van der Waals surface area contributed by atoms with Crippen molar-refractivity contribution < 1.29 is 18.7 Å². The van der Waals surface area contributed by atoms with E-state index < -0.39 is 5.91 Å². The van der Waals surface area contributed by atoms with Gasteiger partial charge < -0.3 is 25.1 Å². The molecule has 3 rings (SSSR count). The lowest BCUT2D eigenvalue weighted by Gasteiger charge is -2.10. The summed E-state index contributed by atoms with van der Waals surface area (Å²) in [6.45, 7) is 3.18. The Balaban J connectivity index is 1.56. The van der Waals surface area contributed by atoms with Crippen LogP contribution in [0.15, 0.2) is 57.7 Å². The van der Waals surface area contributed by atoms with Crippen LogP contribution in [0.25, 0.3) is 11.0 Å². The van der Waals surface area contributed by atoms with E-state index in [2.05, 4.69) is 22.9 Å². The van der Waals surface area contributed by atoms with Crippen LogP contribution in [0.5, 0.6) is 5.75 Å². The summed E-state index contributed by atoms with van der Waals surface area (Å²) in [5.41, 5.74) is 1.39. The van der Waals surface area contributed by atoms with Crippen LogP contribution in [0.1, 0.15) is 36.7 Å². The van der Waals surface area contributed by atoms with E-state index in [4.69, 9.17) is 9.15 Å². The third-order valence-corrected chi connectivity index (χ3v) is 4.84. The maximum absolute atomic E-state index is 12.6. The quantitative estimate of drug-likeness (QED) is 0.417. The van der Waals surface area contributed by atoms with Crippen molar-refractivity contribution in [2.75, 3.05) is 30.8 Å². The monoisotopic (exact) mass is 437 g/mol. The van der Waals surface area contributed by atoms with Gasteiger partial charge in [0.05, 0.1) is 12.5 Å². The van der Waals surface area contributed by atoms with Crippen molar-refractivity contribution in [1.82, 2.24) is 5.32 Å². The van der Waals surface area contributed by atoms with Crippen LogP contribution >= 0.6 is 0 Å². The molecule has 0 fully saturated rings. The van der Waals surface area contributed by atoms with E-state index in [0.717, 1.165) is 18.5 Å². The van der Waals surface area contributed by atoms with Gasteiger partial charge in [-0.05, 0) is 42.8 Å².